The van der Waals surface area contributed by atoms with Crippen molar-refractivity contribution < 1.29 is 12.8 Å². The zero-order valence-corrected chi connectivity index (χ0v) is 25.1. The third-order valence-corrected chi connectivity index (χ3v) is 9.69. The molecule has 0 radical (unpaired) electrons. The molecule has 2 N–H and O–H groups in total. The second kappa shape index (κ2) is 11.9. The van der Waals surface area contributed by atoms with Crippen LogP contribution < -0.4 is 14.9 Å². The molecule has 2 aromatic carbocycles. The van der Waals surface area contributed by atoms with E-state index in [9.17, 15) is 8.42 Å². The highest BCUT2D eigenvalue weighted by molar-refractivity contribution is 7.92. The first kappa shape index (κ1) is 28.4. The first-order valence-corrected chi connectivity index (χ1v) is 16.5. The van der Waals surface area contributed by atoms with E-state index in [-0.39, 0.29) is 12.0 Å². The van der Waals surface area contributed by atoms with Gasteiger partial charge in [0.25, 0.3) is 0 Å². The third-order valence-electron chi connectivity index (χ3n) is 8.52. The predicted molar refractivity (Wildman–Crippen MR) is 165 cm³/mol. The molecule has 1 saturated carbocycles. The van der Waals surface area contributed by atoms with E-state index in [0.717, 1.165) is 31.4 Å². The first-order valence-electron chi connectivity index (χ1n) is 14.7. The molecule has 6 rings (SSSR count). The lowest BCUT2D eigenvalue weighted by Gasteiger charge is -2.30. The molecule has 42 heavy (non-hydrogen) atoms. The summed E-state index contributed by atoms with van der Waals surface area (Å²) >= 11 is 0. The van der Waals surface area contributed by atoms with Gasteiger partial charge in [0.2, 0.25) is 21.8 Å². The number of rotatable bonds is 10. The van der Waals surface area contributed by atoms with Gasteiger partial charge in [0.1, 0.15) is 0 Å². The lowest BCUT2D eigenvalue weighted by molar-refractivity contribution is 0.303. The molecule has 220 valence electrons. The van der Waals surface area contributed by atoms with Crippen molar-refractivity contribution in [1.29, 1.82) is 0 Å². The van der Waals surface area contributed by atoms with Crippen LogP contribution in [0.25, 0.3) is 11.5 Å². The van der Waals surface area contributed by atoms with Crippen molar-refractivity contribution in [3.63, 3.8) is 0 Å². The van der Waals surface area contributed by atoms with E-state index in [1.165, 1.54) is 23.2 Å². The van der Waals surface area contributed by atoms with Gasteiger partial charge in [-0.15, -0.1) is 10.2 Å². The van der Waals surface area contributed by atoms with E-state index in [0.29, 0.717) is 59.3 Å². The van der Waals surface area contributed by atoms with Crippen LogP contribution in [0.5, 0.6) is 0 Å². The number of pyridine rings is 1. The molecule has 0 amide bonds. The summed E-state index contributed by atoms with van der Waals surface area (Å²) in [6.07, 6.45) is 4.94. The Morgan fingerprint density at radius 1 is 1.07 bits per heavy atom. The van der Waals surface area contributed by atoms with Gasteiger partial charge >= 0.3 is 0 Å². The third kappa shape index (κ3) is 6.19. The molecule has 4 atom stereocenters. The number of sulfonamides is 1. The number of piperidine rings is 1. The van der Waals surface area contributed by atoms with Gasteiger partial charge in [-0.2, -0.15) is 0 Å². The van der Waals surface area contributed by atoms with E-state index < -0.39 is 10.0 Å². The molecule has 1 aliphatic carbocycles. The largest absolute Gasteiger partial charge is 0.419 e. The molecule has 9 nitrogen and oxygen atoms in total. The SMILES string of the molecule is C[C@H]1C[C@@H]1CNc1c(-c2nnc([C@H]3NCCC[C@@H]3c3ccccc3)o2)cc(Cc2ccccc2)nc1N(C)S(C)(=O)=O. The Kier molecular flexibility index (Phi) is 8.00. The fraction of sp³-hybridized carbons (Fsp3) is 0.406. The maximum absolute atomic E-state index is 12.8. The van der Waals surface area contributed by atoms with E-state index in [1.807, 2.05) is 42.5 Å². The van der Waals surface area contributed by atoms with Gasteiger partial charge in [-0.1, -0.05) is 67.6 Å². The van der Waals surface area contributed by atoms with Crippen molar-refractivity contribution >= 4 is 21.5 Å². The highest BCUT2D eigenvalue weighted by Gasteiger charge is 2.35. The van der Waals surface area contributed by atoms with Gasteiger partial charge in [0.05, 0.1) is 23.5 Å². The summed E-state index contributed by atoms with van der Waals surface area (Å²) in [6.45, 7) is 3.81. The summed E-state index contributed by atoms with van der Waals surface area (Å²) in [4.78, 5) is 4.87. The lowest BCUT2D eigenvalue weighted by Crippen LogP contribution is -2.33. The highest BCUT2D eigenvalue weighted by atomic mass is 32.2. The van der Waals surface area contributed by atoms with Crippen molar-refractivity contribution in [2.45, 2.75) is 44.6 Å². The van der Waals surface area contributed by atoms with Gasteiger partial charge in [-0.25, -0.2) is 13.4 Å². The summed E-state index contributed by atoms with van der Waals surface area (Å²) in [7, 11) is -2.06. The highest BCUT2D eigenvalue weighted by Crippen LogP contribution is 2.42. The molecule has 10 heteroatoms. The Hall–Kier alpha value is -3.76. The van der Waals surface area contributed by atoms with Gasteiger partial charge < -0.3 is 15.1 Å². The summed E-state index contributed by atoms with van der Waals surface area (Å²) in [5, 5.41) is 16.2. The molecular weight excluding hydrogens is 548 g/mol. The molecule has 0 spiro atoms. The van der Waals surface area contributed by atoms with Gasteiger partial charge in [0, 0.05) is 31.6 Å². The van der Waals surface area contributed by atoms with Crippen LogP contribution >= 0.6 is 0 Å². The summed E-state index contributed by atoms with van der Waals surface area (Å²) < 4.78 is 33.2. The van der Waals surface area contributed by atoms with Gasteiger partial charge in [-0.3, -0.25) is 4.31 Å². The topological polar surface area (TPSA) is 113 Å². The second-order valence-electron chi connectivity index (χ2n) is 11.6. The number of hydrogen-bond donors (Lipinski definition) is 2. The van der Waals surface area contributed by atoms with E-state index in [1.54, 1.807) is 0 Å². The standard InChI is InChI=1S/C32H38N6O3S/c1-21-17-24(21)20-34-28-27(19-25(18-22-11-6-4-7-12-22)35-30(28)38(2)42(3,39)40)31-36-37-32(41-31)29-26(15-10-16-33-29)23-13-8-5-9-14-23/h4-9,11-14,19,21,24,26,29,33-34H,10,15-18,20H2,1-3H3/t21-,24+,26+,29-/m0/s1. The Labute approximate surface area is 247 Å². The van der Waals surface area contributed by atoms with Crippen LogP contribution in [0.3, 0.4) is 0 Å². The zero-order chi connectivity index (χ0) is 29.3. The van der Waals surface area contributed by atoms with Crippen molar-refractivity contribution in [1.82, 2.24) is 20.5 Å². The molecular formula is C32H38N6O3S. The quantitative estimate of drug-likeness (QED) is 0.254. The number of nitrogens with zero attached hydrogens (tertiary/aromatic N) is 4. The average Bonchev–Trinajstić information content (AvgIpc) is 3.49. The molecule has 3 heterocycles. The van der Waals surface area contributed by atoms with Gasteiger partial charge in [0.15, 0.2) is 5.82 Å². The van der Waals surface area contributed by atoms with E-state index >= 15 is 0 Å². The van der Waals surface area contributed by atoms with Crippen molar-refractivity contribution in [2.75, 3.05) is 36.0 Å². The summed E-state index contributed by atoms with van der Waals surface area (Å²) in [5.74, 6) is 2.56. The number of nitrogens with one attached hydrogen (secondary N) is 2. The van der Waals surface area contributed by atoms with Crippen LogP contribution in [-0.2, 0) is 16.4 Å². The van der Waals surface area contributed by atoms with Crippen molar-refractivity contribution in [3.8, 4) is 11.5 Å². The average molecular weight is 587 g/mol. The number of benzene rings is 2. The van der Waals surface area contributed by atoms with Crippen LogP contribution in [0.15, 0.2) is 71.1 Å². The lowest BCUT2D eigenvalue weighted by atomic mass is 9.85. The Bertz CT molecular complexity index is 1630. The number of aromatic nitrogens is 3. The minimum Gasteiger partial charge on any atom is -0.419 e. The summed E-state index contributed by atoms with van der Waals surface area (Å²) in [5.41, 5.74) is 4.26. The van der Waals surface area contributed by atoms with Crippen LogP contribution in [0.1, 0.15) is 60.9 Å². The van der Waals surface area contributed by atoms with E-state index in [2.05, 4.69) is 52.0 Å². The molecule has 0 bridgehead atoms. The van der Waals surface area contributed by atoms with Crippen LogP contribution in [0, 0.1) is 11.8 Å². The molecule has 4 aromatic rings. The first-order chi connectivity index (χ1) is 20.3. The normalized spacial score (nSPS) is 22.1. The molecule has 1 aliphatic heterocycles. The van der Waals surface area contributed by atoms with Crippen LogP contribution in [-0.4, -0.2) is 50.0 Å². The monoisotopic (exact) mass is 586 g/mol. The number of anilines is 2. The maximum Gasteiger partial charge on any atom is 0.250 e. The molecule has 0 unspecified atom stereocenters. The van der Waals surface area contributed by atoms with Crippen LogP contribution in [0.2, 0.25) is 0 Å². The van der Waals surface area contributed by atoms with Crippen molar-refractivity contribution in [3.05, 3.63) is 89.4 Å². The fourth-order valence-electron chi connectivity index (χ4n) is 5.80. The molecule has 2 aromatic heterocycles. The Balaban J connectivity index is 1.43. The van der Waals surface area contributed by atoms with E-state index in [4.69, 9.17) is 9.40 Å². The number of hydrogen-bond acceptors (Lipinski definition) is 8. The zero-order valence-electron chi connectivity index (χ0n) is 24.3. The van der Waals surface area contributed by atoms with Crippen molar-refractivity contribution in [2.24, 2.45) is 11.8 Å². The minimum absolute atomic E-state index is 0.116. The maximum atomic E-state index is 12.8. The Morgan fingerprint density at radius 3 is 2.48 bits per heavy atom. The summed E-state index contributed by atoms with van der Waals surface area (Å²) in [6, 6.07) is 22.3. The molecule has 1 saturated heterocycles. The van der Waals surface area contributed by atoms with Gasteiger partial charge in [-0.05, 0) is 54.8 Å². The fourth-order valence-corrected chi connectivity index (χ4v) is 6.25. The Morgan fingerprint density at radius 2 is 1.79 bits per heavy atom. The molecule has 2 fully saturated rings. The smallest absolute Gasteiger partial charge is 0.250 e. The van der Waals surface area contributed by atoms with Crippen LogP contribution in [0.4, 0.5) is 11.5 Å². The molecule has 2 aliphatic rings. The minimum atomic E-state index is -3.60. The second-order valence-corrected chi connectivity index (χ2v) is 13.7. The predicted octanol–water partition coefficient (Wildman–Crippen LogP) is 5.39.